The summed E-state index contributed by atoms with van der Waals surface area (Å²) in [6.45, 7) is 0. The Labute approximate surface area is 155 Å². The first-order chi connectivity index (χ1) is 13.0. The summed E-state index contributed by atoms with van der Waals surface area (Å²) < 4.78 is 0. The van der Waals surface area contributed by atoms with Crippen molar-refractivity contribution < 1.29 is 19.8 Å². The third-order valence-electron chi connectivity index (χ3n) is 3.86. The summed E-state index contributed by atoms with van der Waals surface area (Å²) in [5.41, 5.74) is 5.01. The van der Waals surface area contributed by atoms with Gasteiger partial charge in [-0.25, -0.2) is 14.6 Å². The second kappa shape index (κ2) is 7.97. The molecule has 3 aromatic rings. The lowest BCUT2D eigenvalue weighted by Gasteiger charge is -2.05. The van der Waals surface area contributed by atoms with Gasteiger partial charge in [-0.15, -0.1) is 0 Å². The van der Waals surface area contributed by atoms with E-state index >= 15 is 0 Å². The standard InChI is InChI=1S/C21H16N2O4/c24-18(25)11-5-14-1-7-16(8-2-14)20-21(23-13-22-20)17-9-3-15(4-10-17)6-12-19(26)27/h1-13H,(H,22,23)(H,24,25)(H,26,27)/b11-5+,12-6+. The summed E-state index contributed by atoms with van der Waals surface area (Å²) in [6.07, 6.45) is 6.86. The van der Waals surface area contributed by atoms with Gasteiger partial charge < -0.3 is 15.2 Å². The molecule has 3 rings (SSSR count). The first-order valence-corrected chi connectivity index (χ1v) is 8.09. The second-order valence-electron chi connectivity index (χ2n) is 5.71. The Balaban J connectivity index is 1.85. The SMILES string of the molecule is O=C(O)/C=C/c1ccc(-c2nc[nH]c2-c2ccc(/C=C/C(=O)O)cc2)cc1. The lowest BCUT2D eigenvalue weighted by molar-refractivity contribution is -0.132. The van der Waals surface area contributed by atoms with E-state index in [4.69, 9.17) is 10.2 Å². The molecule has 0 atom stereocenters. The summed E-state index contributed by atoms with van der Waals surface area (Å²) in [5, 5.41) is 17.4. The molecule has 6 heteroatoms. The zero-order valence-electron chi connectivity index (χ0n) is 14.2. The van der Waals surface area contributed by atoms with E-state index < -0.39 is 11.9 Å². The summed E-state index contributed by atoms with van der Waals surface area (Å²) in [6, 6.07) is 14.9. The van der Waals surface area contributed by atoms with Gasteiger partial charge in [-0.05, 0) is 23.3 Å². The summed E-state index contributed by atoms with van der Waals surface area (Å²) in [4.78, 5) is 28.7. The molecule has 0 fully saturated rings. The van der Waals surface area contributed by atoms with Crippen LogP contribution in [-0.2, 0) is 9.59 Å². The fraction of sp³-hybridized carbons (Fsp3) is 0. The molecule has 0 bridgehead atoms. The number of aliphatic carboxylic acids is 2. The molecule has 0 aliphatic rings. The maximum absolute atomic E-state index is 10.6. The number of imidazole rings is 1. The highest BCUT2D eigenvalue weighted by molar-refractivity contribution is 5.86. The Hall–Kier alpha value is -3.93. The molecule has 2 aromatic carbocycles. The topological polar surface area (TPSA) is 103 Å². The lowest BCUT2D eigenvalue weighted by Crippen LogP contribution is -1.87. The van der Waals surface area contributed by atoms with Gasteiger partial charge in [-0.1, -0.05) is 48.5 Å². The fourth-order valence-electron chi connectivity index (χ4n) is 2.58. The second-order valence-corrected chi connectivity index (χ2v) is 5.71. The van der Waals surface area contributed by atoms with Crippen LogP contribution in [0, 0.1) is 0 Å². The van der Waals surface area contributed by atoms with Crippen molar-refractivity contribution in [2.45, 2.75) is 0 Å². The van der Waals surface area contributed by atoms with Crippen LogP contribution in [-0.4, -0.2) is 32.1 Å². The van der Waals surface area contributed by atoms with Crippen LogP contribution < -0.4 is 0 Å². The zero-order chi connectivity index (χ0) is 19.2. The summed E-state index contributed by atoms with van der Waals surface area (Å²) >= 11 is 0. The quantitative estimate of drug-likeness (QED) is 0.578. The van der Waals surface area contributed by atoms with Crippen molar-refractivity contribution >= 4 is 24.1 Å². The number of aromatic amines is 1. The van der Waals surface area contributed by atoms with Gasteiger partial charge in [0, 0.05) is 23.3 Å². The minimum Gasteiger partial charge on any atom is -0.478 e. The Kier molecular flexibility index (Phi) is 5.28. The van der Waals surface area contributed by atoms with Crippen LogP contribution in [0.25, 0.3) is 34.7 Å². The number of nitrogens with one attached hydrogen (secondary N) is 1. The molecule has 0 radical (unpaired) electrons. The third kappa shape index (κ3) is 4.58. The van der Waals surface area contributed by atoms with E-state index in [1.165, 1.54) is 12.2 Å². The fourth-order valence-corrected chi connectivity index (χ4v) is 2.58. The number of rotatable bonds is 6. The van der Waals surface area contributed by atoms with Crippen LogP contribution >= 0.6 is 0 Å². The number of carboxylic acid groups (broad SMARTS) is 2. The van der Waals surface area contributed by atoms with Crippen LogP contribution in [0.2, 0.25) is 0 Å². The number of hydrogen-bond donors (Lipinski definition) is 3. The molecule has 3 N–H and O–H groups in total. The number of hydrogen-bond acceptors (Lipinski definition) is 3. The van der Waals surface area contributed by atoms with Crippen molar-refractivity contribution in [1.82, 2.24) is 9.97 Å². The molecule has 6 nitrogen and oxygen atoms in total. The lowest BCUT2D eigenvalue weighted by atomic mass is 10.0. The van der Waals surface area contributed by atoms with Gasteiger partial charge in [0.2, 0.25) is 0 Å². The van der Waals surface area contributed by atoms with Crippen LogP contribution in [0.5, 0.6) is 0 Å². The van der Waals surface area contributed by atoms with E-state index in [0.717, 1.165) is 45.8 Å². The van der Waals surface area contributed by atoms with Gasteiger partial charge in [0.1, 0.15) is 0 Å². The summed E-state index contributed by atoms with van der Waals surface area (Å²) in [7, 11) is 0. The number of carboxylic acids is 2. The minimum atomic E-state index is -0.990. The van der Waals surface area contributed by atoms with E-state index in [9.17, 15) is 9.59 Å². The molecular weight excluding hydrogens is 344 g/mol. The summed E-state index contributed by atoms with van der Waals surface area (Å²) in [5.74, 6) is -1.98. The first kappa shape index (κ1) is 17.9. The van der Waals surface area contributed by atoms with E-state index in [2.05, 4.69) is 9.97 Å². The number of H-pyrrole nitrogens is 1. The largest absolute Gasteiger partial charge is 0.478 e. The highest BCUT2D eigenvalue weighted by Gasteiger charge is 2.10. The number of nitrogens with zero attached hydrogens (tertiary/aromatic N) is 1. The number of benzene rings is 2. The van der Waals surface area contributed by atoms with Crippen molar-refractivity contribution in [3.63, 3.8) is 0 Å². The smallest absolute Gasteiger partial charge is 0.328 e. The molecule has 27 heavy (non-hydrogen) atoms. The molecule has 134 valence electrons. The molecule has 0 aliphatic carbocycles. The van der Waals surface area contributed by atoms with Crippen LogP contribution in [0.1, 0.15) is 11.1 Å². The third-order valence-corrected chi connectivity index (χ3v) is 3.86. The maximum Gasteiger partial charge on any atom is 0.328 e. The van der Waals surface area contributed by atoms with E-state index in [-0.39, 0.29) is 0 Å². The molecule has 0 unspecified atom stereocenters. The van der Waals surface area contributed by atoms with Gasteiger partial charge in [-0.3, -0.25) is 0 Å². The first-order valence-electron chi connectivity index (χ1n) is 8.09. The van der Waals surface area contributed by atoms with Crippen molar-refractivity contribution in [3.05, 3.63) is 78.1 Å². The molecular formula is C21H16N2O4. The Morgan fingerprint density at radius 1 is 0.778 bits per heavy atom. The van der Waals surface area contributed by atoms with Gasteiger partial charge >= 0.3 is 11.9 Å². The average Bonchev–Trinajstić information content (AvgIpc) is 3.15. The molecule has 1 heterocycles. The number of aromatic nitrogens is 2. The average molecular weight is 360 g/mol. The van der Waals surface area contributed by atoms with Crippen molar-refractivity contribution in [1.29, 1.82) is 0 Å². The van der Waals surface area contributed by atoms with Crippen LogP contribution in [0.15, 0.2) is 67.0 Å². The van der Waals surface area contributed by atoms with Crippen molar-refractivity contribution in [3.8, 4) is 22.5 Å². The highest BCUT2D eigenvalue weighted by atomic mass is 16.4. The van der Waals surface area contributed by atoms with E-state index in [0.29, 0.717) is 0 Å². The normalized spacial score (nSPS) is 11.3. The Bertz CT molecular complexity index is 931. The van der Waals surface area contributed by atoms with Crippen LogP contribution in [0.4, 0.5) is 0 Å². The molecule has 1 aromatic heterocycles. The van der Waals surface area contributed by atoms with Gasteiger partial charge in [-0.2, -0.15) is 0 Å². The Morgan fingerprint density at radius 3 is 1.74 bits per heavy atom. The monoisotopic (exact) mass is 360 g/mol. The molecule has 0 spiro atoms. The molecule has 0 aliphatic heterocycles. The van der Waals surface area contributed by atoms with Gasteiger partial charge in [0.15, 0.2) is 0 Å². The molecule has 0 saturated heterocycles. The zero-order valence-corrected chi connectivity index (χ0v) is 14.2. The Morgan fingerprint density at radius 2 is 1.26 bits per heavy atom. The van der Waals surface area contributed by atoms with E-state index in [1.54, 1.807) is 6.33 Å². The van der Waals surface area contributed by atoms with Crippen molar-refractivity contribution in [2.24, 2.45) is 0 Å². The maximum atomic E-state index is 10.6. The molecule has 0 amide bonds. The van der Waals surface area contributed by atoms with Gasteiger partial charge in [0.05, 0.1) is 17.7 Å². The van der Waals surface area contributed by atoms with Gasteiger partial charge in [0.25, 0.3) is 0 Å². The highest BCUT2D eigenvalue weighted by Crippen LogP contribution is 2.29. The van der Waals surface area contributed by atoms with Crippen LogP contribution in [0.3, 0.4) is 0 Å². The molecule has 0 saturated carbocycles. The van der Waals surface area contributed by atoms with Crippen molar-refractivity contribution in [2.75, 3.05) is 0 Å². The predicted octanol–water partition coefficient (Wildman–Crippen LogP) is 3.94. The predicted molar refractivity (Wildman–Crippen MR) is 103 cm³/mol. The minimum absolute atomic E-state index is 0.776. The number of carbonyl (C=O) groups is 2. The van der Waals surface area contributed by atoms with E-state index in [1.807, 2.05) is 48.5 Å².